The van der Waals surface area contributed by atoms with Crippen LogP contribution in [0.3, 0.4) is 0 Å². The predicted octanol–water partition coefficient (Wildman–Crippen LogP) is 1.07. The molecule has 0 radical (unpaired) electrons. The van der Waals surface area contributed by atoms with Gasteiger partial charge in [0.1, 0.15) is 0 Å². The number of likely N-dealkylation sites (tertiary alicyclic amines) is 1. The molecule has 1 fully saturated rings. The molecule has 5 heteroatoms. The largest absolute Gasteiger partial charge is 0.481 e. The Morgan fingerprint density at radius 3 is 2.33 bits per heavy atom. The van der Waals surface area contributed by atoms with Crippen LogP contribution in [0.2, 0.25) is 0 Å². The van der Waals surface area contributed by atoms with Gasteiger partial charge in [-0.25, -0.2) is 0 Å². The quantitative estimate of drug-likeness (QED) is 0.774. The average Bonchev–Trinajstić information content (AvgIpc) is 2.25. The number of hydrogen-bond donors (Lipinski definition) is 2. The molecule has 3 N–H and O–H groups in total. The van der Waals surface area contributed by atoms with E-state index in [1.165, 1.54) is 0 Å². The van der Waals surface area contributed by atoms with E-state index in [0.29, 0.717) is 19.4 Å². The van der Waals surface area contributed by atoms with Gasteiger partial charge in [-0.15, -0.1) is 0 Å². The molecular weight excluding hydrogens is 232 g/mol. The number of nitrogens with two attached hydrogens (primary N) is 1. The van der Waals surface area contributed by atoms with E-state index in [9.17, 15) is 9.59 Å². The molecule has 1 saturated heterocycles. The van der Waals surface area contributed by atoms with Crippen LogP contribution in [-0.4, -0.2) is 40.5 Å². The van der Waals surface area contributed by atoms with Gasteiger partial charge >= 0.3 is 5.97 Å². The molecule has 1 amide bonds. The third kappa shape index (κ3) is 3.22. The van der Waals surface area contributed by atoms with Gasteiger partial charge in [0.05, 0.1) is 12.0 Å². The van der Waals surface area contributed by atoms with E-state index >= 15 is 0 Å². The summed E-state index contributed by atoms with van der Waals surface area (Å²) < 4.78 is 0. The minimum Gasteiger partial charge on any atom is -0.481 e. The first-order valence-corrected chi connectivity index (χ1v) is 6.43. The van der Waals surface area contributed by atoms with Gasteiger partial charge in [-0.1, -0.05) is 20.8 Å². The zero-order chi connectivity index (χ0) is 14.1. The first-order valence-electron chi connectivity index (χ1n) is 6.43. The summed E-state index contributed by atoms with van der Waals surface area (Å²) in [5.74, 6) is -1.18. The molecule has 1 aliphatic heterocycles. The van der Waals surface area contributed by atoms with Crippen molar-refractivity contribution >= 4 is 11.9 Å². The van der Waals surface area contributed by atoms with Crippen LogP contribution in [0.1, 0.15) is 40.5 Å². The lowest BCUT2D eigenvalue weighted by atomic mass is 9.84. The lowest BCUT2D eigenvalue weighted by Crippen LogP contribution is -2.55. The number of hydrogen-bond acceptors (Lipinski definition) is 3. The summed E-state index contributed by atoms with van der Waals surface area (Å²) in [7, 11) is 0. The van der Waals surface area contributed by atoms with E-state index in [0.717, 1.165) is 0 Å². The van der Waals surface area contributed by atoms with E-state index in [1.807, 2.05) is 27.7 Å². The Morgan fingerprint density at radius 2 is 1.94 bits per heavy atom. The number of piperidine rings is 1. The van der Waals surface area contributed by atoms with Gasteiger partial charge in [0.25, 0.3) is 0 Å². The molecule has 3 unspecified atom stereocenters. The van der Waals surface area contributed by atoms with Gasteiger partial charge in [0, 0.05) is 12.6 Å². The van der Waals surface area contributed by atoms with Crippen LogP contribution in [0, 0.1) is 11.3 Å². The molecular formula is C13H24N2O3. The van der Waals surface area contributed by atoms with Crippen LogP contribution >= 0.6 is 0 Å². The lowest BCUT2D eigenvalue weighted by Gasteiger charge is -2.40. The fraction of sp³-hybridized carbons (Fsp3) is 0.846. The Bertz CT molecular complexity index is 336. The van der Waals surface area contributed by atoms with E-state index in [4.69, 9.17) is 10.8 Å². The molecule has 0 aromatic rings. The summed E-state index contributed by atoms with van der Waals surface area (Å²) in [4.78, 5) is 25.0. The van der Waals surface area contributed by atoms with Gasteiger partial charge < -0.3 is 15.7 Å². The van der Waals surface area contributed by atoms with Crippen molar-refractivity contribution in [3.8, 4) is 0 Å². The van der Waals surface area contributed by atoms with Gasteiger partial charge in [-0.2, -0.15) is 0 Å². The first kappa shape index (κ1) is 15.0. The second-order valence-electron chi connectivity index (χ2n) is 6.28. The summed E-state index contributed by atoms with van der Waals surface area (Å²) in [5, 5.41) is 8.99. The summed E-state index contributed by atoms with van der Waals surface area (Å²) in [5.41, 5.74) is 5.70. The molecule has 1 rings (SSSR count). The number of carboxylic acid groups (broad SMARTS) is 1. The summed E-state index contributed by atoms with van der Waals surface area (Å²) in [6.45, 7) is 8.18. The van der Waals surface area contributed by atoms with Crippen LogP contribution in [0.5, 0.6) is 0 Å². The molecule has 1 aliphatic rings. The fourth-order valence-electron chi connectivity index (χ4n) is 2.27. The van der Waals surface area contributed by atoms with Crippen molar-refractivity contribution in [2.45, 2.75) is 52.6 Å². The monoisotopic (exact) mass is 256 g/mol. The third-order valence-corrected chi connectivity index (χ3v) is 3.71. The minimum absolute atomic E-state index is 0.0549. The van der Waals surface area contributed by atoms with Crippen molar-refractivity contribution in [1.29, 1.82) is 0 Å². The SMILES string of the molecule is CC1CC(C(=O)O)CCN1C(=O)C(N)C(C)(C)C. The highest BCUT2D eigenvalue weighted by Gasteiger charge is 2.37. The molecule has 0 saturated carbocycles. The average molecular weight is 256 g/mol. The predicted molar refractivity (Wildman–Crippen MR) is 69.0 cm³/mol. The maximum Gasteiger partial charge on any atom is 0.306 e. The second kappa shape index (κ2) is 5.26. The maximum absolute atomic E-state index is 12.3. The fourth-order valence-corrected chi connectivity index (χ4v) is 2.27. The Morgan fingerprint density at radius 1 is 1.39 bits per heavy atom. The Hall–Kier alpha value is -1.10. The highest BCUT2D eigenvalue weighted by molar-refractivity contribution is 5.83. The molecule has 0 aromatic heterocycles. The van der Waals surface area contributed by atoms with Gasteiger partial charge in [0.2, 0.25) is 5.91 Å². The zero-order valence-electron chi connectivity index (χ0n) is 11.6. The molecule has 0 spiro atoms. The Kier molecular flexibility index (Phi) is 4.37. The highest BCUT2D eigenvalue weighted by atomic mass is 16.4. The number of rotatable bonds is 2. The number of aliphatic carboxylic acids is 1. The maximum atomic E-state index is 12.3. The van der Waals surface area contributed by atoms with E-state index in [2.05, 4.69) is 0 Å². The number of carbonyl (C=O) groups excluding carboxylic acids is 1. The van der Waals surface area contributed by atoms with Crippen molar-refractivity contribution in [3.63, 3.8) is 0 Å². The minimum atomic E-state index is -0.769. The number of carbonyl (C=O) groups is 2. The normalized spacial score (nSPS) is 26.8. The van der Waals surface area contributed by atoms with Crippen LogP contribution in [0.4, 0.5) is 0 Å². The molecule has 1 heterocycles. The Labute approximate surface area is 108 Å². The van der Waals surface area contributed by atoms with Crippen molar-refractivity contribution in [3.05, 3.63) is 0 Å². The lowest BCUT2D eigenvalue weighted by molar-refractivity contribution is -0.148. The molecule has 0 aliphatic carbocycles. The second-order valence-corrected chi connectivity index (χ2v) is 6.28. The van der Waals surface area contributed by atoms with Crippen LogP contribution < -0.4 is 5.73 Å². The number of carboxylic acids is 1. The standard InChI is InChI=1S/C13H24N2O3/c1-8-7-9(12(17)18)5-6-15(8)11(16)10(14)13(2,3)4/h8-10H,5-7,14H2,1-4H3,(H,17,18). The van der Waals surface area contributed by atoms with Crippen molar-refractivity contribution in [2.75, 3.05) is 6.54 Å². The number of amides is 1. The first-order chi connectivity index (χ1) is 8.14. The highest BCUT2D eigenvalue weighted by Crippen LogP contribution is 2.26. The number of nitrogens with zero attached hydrogens (tertiary/aromatic N) is 1. The third-order valence-electron chi connectivity index (χ3n) is 3.71. The molecule has 0 aromatic carbocycles. The van der Waals surface area contributed by atoms with Crippen LogP contribution in [0.25, 0.3) is 0 Å². The van der Waals surface area contributed by atoms with E-state index in [-0.39, 0.29) is 23.3 Å². The summed E-state index contributed by atoms with van der Waals surface area (Å²) >= 11 is 0. The van der Waals surface area contributed by atoms with Crippen LogP contribution in [-0.2, 0) is 9.59 Å². The molecule has 18 heavy (non-hydrogen) atoms. The van der Waals surface area contributed by atoms with E-state index < -0.39 is 12.0 Å². The van der Waals surface area contributed by atoms with Gasteiger partial charge in [0.15, 0.2) is 0 Å². The van der Waals surface area contributed by atoms with Gasteiger partial charge in [-0.3, -0.25) is 9.59 Å². The molecule has 3 atom stereocenters. The van der Waals surface area contributed by atoms with Crippen molar-refractivity contribution < 1.29 is 14.7 Å². The van der Waals surface area contributed by atoms with E-state index in [1.54, 1.807) is 4.90 Å². The molecule has 104 valence electrons. The zero-order valence-corrected chi connectivity index (χ0v) is 11.6. The smallest absolute Gasteiger partial charge is 0.306 e. The van der Waals surface area contributed by atoms with Gasteiger partial charge in [-0.05, 0) is 25.2 Å². The summed E-state index contributed by atoms with van der Waals surface area (Å²) in [6, 6.07) is -0.595. The topological polar surface area (TPSA) is 83.6 Å². The summed E-state index contributed by atoms with van der Waals surface area (Å²) in [6.07, 6.45) is 1.03. The van der Waals surface area contributed by atoms with Crippen molar-refractivity contribution in [2.24, 2.45) is 17.1 Å². The molecule has 5 nitrogen and oxygen atoms in total. The Balaban J connectivity index is 2.70. The van der Waals surface area contributed by atoms with Crippen molar-refractivity contribution in [1.82, 2.24) is 4.90 Å². The molecule has 0 bridgehead atoms. The van der Waals surface area contributed by atoms with Crippen LogP contribution in [0.15, 0.2) is 0 Å².